The highest BCUT2D eigenvalue weighted by atomic mass is 19.4. The first kappa shape index (κ1) is 17.1. The molecule has 1 unspecified atom stereocenters. The molecule has 2 aliphatic heterocycles. The molecule has 132 valence electrons. The van der Waals surface area contributed by atoms with Gasteiger partial charge in [0.15, 0.2) is 0 Å². The Kier molecular flexibility index (Phi) is 4.46. The summed E-state index contributed by atoms with van der Waals surface area (Å²) in [5, 5.41) is 2.85. The second-order valence-electron chi connectivity index (χ2n) is 6.89. The van der Waals surface area contributed by atoms with Crippen LogP contribution < -0.4 is 5.32 Å². The average molecular weight is 341 g/mol. The predicted molar refractivity (Wildman–Crippen MR) is 84.8 cm³/mol. The maximum atomic E-state index is 12.7. The number of piperidine rings is 1. The van der Waals surface area contributed by atoms with Crippen LogP contribution in [-0.4, -0.2) is 59.8 Å². The van der Waals surface area contributed by atoms with Gasteiger partial charge in [-0.05, 0) is 19.4 Å². The van der Waals surface area contributed by atoms with Crippen LogP contribution in [0.25, 0.3) is 0 Å². The second kappa shape index (κ2) is 6.27. The Bertz CT molecular complexity index is 576. The van der Waals surface area contributed by atoms with Crippen molar-refractivity contribution in [2.45, 2.75) is 44.1 Å². The van der Waals surface area contributed by atoms with Gasteiger partial charge in [-0.15, -0.1) is 0 Å². The number of benzene rings is 1. The van der Waals surface area contributed by atoms with Crippen molar-refractivity contribution < 1.29 is 18.0 Å². The zero-order valence-electron chi connectivity index (χ0n) is 13.8. The molecule has 2 bridgehead atoms. The monoisotopic (exact) mass is 341 g/mol. The minimum absolute atomic E-state index is 0.000259. The van der Waals surface area contributed by atoms with E-state index in [-0.39, 0.29) is 43.2 Å². The average Bonchev–Trinajstić information content (AvgIpc) is 2.45. The van der Waals surface area contributed by atoms with Gasteiger partial charge in [0.2, 0.25) is 0 Å². The molecule has 2 saturated heterocycles. The molecule has 3 atom stereocenters. The standard InChI is InChI=1S/C17H22F3N3O/c1-11(2)21-16(24)23-13-8-22(10-17(18,19)20)9-14(23)15(13)12-6-4-3-5-7-12/h3-7,11,13-15H,8-10H2,1-2H3,(H,21,24)/t13-,14+,15?. The molecule has 2 fully saturated rings. The molecule has 0 spiro atoms. The van der Waals surface area contributed by atoms with E-state index in [2.05, 4.69) is 5.32 Å². The normalized spacial score (nSPS) is 27.1. The van der Waals surface area contributed by atoms with E-state index in [1.54, 1.807) is 4.90 Å². The van der Waals surface area contributed by atoms with Crippen LogP contribution in [0, 0.1) is 0 Å². The summed E-state index contributed by atoms with van der Waals surface area (Å²) in [6.07, 6.45) is -4.21. The van der Waals surface area contributed by atoms with Crippen LogP contribution in [0.1, 0.15) is 25.3 Å². The molecule has 0 radical (unpaired) electrons. The molecular weight excluding hydrogens is 319 g/mol. The molecular formula is C17H22F3N3O. The van der Waals surface area contributed by atoms with E-state index in [4.69, 9.17) is 0 Å². The van der Waals surface area contributed by atoms with E-state index >= 15 is 0 Å². The van der Waals surface area contributed by atoms with E-state index < -0.39 is 12.7 Å². The molecule has 0 aliphatic carbocycles. The number of amides is 2. The van der Waals surface area contributed by atoms with Crippen molar-refractivity contribution in [2.75, 3.05) is 19.6 Å². The Morgan fingerprint density at radius 3 is 2.29 bits per heavy atom. The second-order valence-corrected chi connectivity index (χ2v) is 6.89. The van der Waals surface area contributed by atoms with Gasteiger partial charge >= 0.3 is 12.2 Å². The third kappa shape index (κ3) is 3.36. The van der Waals surface area contributed by atoms with Crippen LogP contribution in [-0.2, 0) is 0 Å². The van der Waals surface area contributed by atoms with Crippen LogP contribution in [0.5, 0.6) is 0 Å². The fraction of sp³-hybridized carbons (Fsp3) is 0.588. The Morgan fingerprint density at radius 2 is 1.79 bits per heavy atom. The number of nitrogens with zero attached hydrogens (tertiary/aromatic N) is 2. The van der Waals surface area contributed by atoms with Gasteiger partial charge in [0.25, 0.3) is 0 Å². The summed E-state index contributed by atoms with van der Waals surface area (Å²) < 4.78 is 38.1. The van der Waals surface area contributed by atoms with Crippen molar-refractivity contribution in [1.82, 2.24) is 15.1 Å². The van der Waals surface area contributed by atoms with Gasteiger partial charge in [-0.3, -0.25) is 4.90 Å². The Morgan fingerprint density at radius 1 is 1.21 bits per heavy atom. The summed E-state index contributed by atoms with van der Waals surface area (Å²) in [4.78, 5) is 15.5. The van der Waals surface area contributed by atoms with E-state index in [0.29, 0.717) is 0 Å². The zero-order chi connectivity index (χ0) is 17.5. The molecule has 0 aromatic heterocycles. The quantitative estimate of drug-likeness (QED) is 0.918. The topological polar surface area (TPSA) is 35.6 Å². The number of alkyl halides is 3. The number of carbonyl (C=O) groups is 1. The van der Waals surface area contributed by atoms with E-state index in [1.165, 1.54) is 4.90 Å². The molecule has 1 aromatic carbocycles. The van der Waals surface area contributed by atoms with Crippen molar-refractivity contribution in [3.8, 4) is 0 Å². The third-order valence-corrected chi connectivity index (χ3v) is 4.67. The highest BCUT2D eigenvalue weighted by Gasteiger charge is 2.56. The van der Waals surface area contributed by atoms with Crippen LogP contribution in [0.4, 0.5) is 18.0 Å². The molecule has 2 amide bonds. The fourth-order valence-electron chi connectivity index (χ4n) is 3.88. The maximum absolute atomic E-state index is 12.7. The molecule has 0 saturated carbocycles. The number of rotatable bonds is 3. The zero-order valence-corrected chi connectivity index (χ0v) is 13.8. The SMILES string of the molecule is CC(C)NC(=O)N1[C@@H]2CN(CC(F)(F)F)C[C@H]1C2c1ccccc1. The number of likely N-dealkylation sites (tertiary alicyclic amines) is 1. The number of hydrogen-bond acceptors (Lipinski definition) is 2. The first-order chi connectivity index (χ1) is 11.3. The summed E-state index contributed by atoms with van der Waals surface area (Å²) in [7, 11) is 0. The molecule has 3 rings (SSSR count). The lowest BCUT2D eigenvalue weighted by molar-refractivity contribution is -0.165. The number of halogens is 3. The van der Waals surface area contributed by atoms with Crippen molar-refractivity contribution in [2.24, 2.45) is 0 Å². The number of piperazine rings is 1. The smallest absolute Gasteiger partial charge is 0.336 e. The van der Waals surface area contributed by atoms with Crippen molar-refractivity contribution >= 4 is 6.03 Å². The number of carbonyl (C=O) groups excluding carboxylic acids is 1. The number of urea groups is 1. The number of nitrogens with one attached hydrogen (secondary N) is 1. The lowest BCUT2D eigenvalue weighted by atomic mass is 9.72. The molecule has 24 heavy (non-hydrogen) atoms. The van der Waals surface area contributed by atoms with Gasteiger partial charge in [-0.1, -0.05) is 30.3 Å². The summed E-state index contributed by atoms with van der Waals surface area (Å²) in [6.45, 7) is 3.33. The number of hydrogen-bond donors (Lipinski definition) is 1. The molecule has 4 nitrogen and oxygen atoms in total. The molecule has 2 heterocycles. The Hall–Kier alpha value is -1.76. The summed E-state index contributed by atoms with van der Waals surface area (Å²) in [6, 6.07) is 9.13. The highest BCUT2D eigenvalue weighted by molar-refractivity contribution is 5.77. The first-order valence-corrected chi connectivity index (χ1v) is 8.19. The van der Waals surface area contributed by atoms with Crippen LogP contribution in [0.3, 0.4) is 0 Å². The van der Waals surface area contributed by atoms with Gasteiger partial charge in [0.05, 0.1) is 18.6 Å². The predicted octanol–water partition coefficient (Wildman–Crippen LogP) is 2.82. The molecule has 2 aliphatic rings. The van der Waals surface area contributed by atoms with Crippen LogP contribution in [0.15, 0.2) is 30.3 Å². The largest absolute Gasteiger partial charge is 0.401 e. The lowest BCUT2D eigenvalue weighted by Gasteiger charge is -2.61. The summed E-state index contributed by atoms with van der Waals surface area (Å²) >= 11 is 0. The third-order valence-electron chi connectivity index (χ3n) is 4.67. The first-order valence-electron chi connectivity index (χ1n) is 8.19. The van der Waals surface area contributed by atoms with Gasteiger partial charge in [-0.2, -0.15) is 13.2 Å². The van der Waals surface area contributed by atoms with Gasteiger partial charge in [0, 0.05) is 25.0 Å². The number of fused-ring (bicyclic) bond motifs is 2. The molecule has 1 N–H and O–H groups in total. The van der Waals surface area contributed by atoms with Gasteiger partial charge in [0.1, 0.15) is 0 Å². The van der Waals surface area contributed by atoms with Crippen molar-refractivity contribution in [3.05, 3.63) is 35.9 Å². The molecule has 7 heteroatoms. The van der Waals surface area contributed by atoms with E-state index in [9.17, 15) is 18.0 Å². The Labute approximate surface area is 139 Å². The highest BCUT2D eigenvalue weighted by Crippen LogP contribution is 2.45. The molecule has 1 aromatic rings. The van der Waals surface area contributed by atoms with Crippen LogP contribution >= 0.6 is 0 Å². The minimum atomic E-state index is -4.21. The minimum Gasteiger partial charge on any atom is -0.336 e. The van der Waals surface area contributed by atoms with Crippen LogP contribution in [0.2, 0.25) is 0 Å². The summed E-state index contributed by atoms with van der Waals surface area (Å²) in [5.41, 5.74) is 1.09. The van der Waals surface area contributed by atoms with E-state index in [0.717, 1.165) is 5.56 Å². The Balaban J connectivity index is 1.77. The summed E-state index contributed by atoms with van der Waals surface area (Å²) in [5.74, 6) is 0.105. The van der Waals surface area contributed by atoms with Gasteiger partial charge in [-0.25, -0.2) is 4.79 Å². The maximum Gasteiger partial charge on any atom is 0.401 e. The lowest BCUT2D eigenvalue weighted by Crippen LogP contribution is -2.76. The van der Waals surface area contributed by atoms with Crippen molar-refractivity contribution in [1.29, 1.82) is 0 Å². The van der Waals surface area contributed by atoms with Crippen molar-refractivity contribution in [3.63, 3.8) is 0 Å². The fourth-order valence-corrected chi connectivity index (χ4v) is 3.88. The van der Waals surface area contributed by atoms with Gasteiger partial charge < -0.3 is 10.2 Å². The van der Waals surface area contributed by atoms with E-state index in [1.807, 2.05) is 44.2 Å².